The van der Waals surface area contributed by atoms with Gasteiger partial charge in [-0.2, -0.15) is 15.1 Å². The van der Waals surface area contributed by atoms with Gasteiger partial charge in [0.25, 0.3) is 5.91 Å². The number of benzene rings is 3. The lowest BCUT2D eigenvalue weighted by Gasteiger charge is -2.36. The number of aryl methyl sites for hydroxylation is 2. The van der Waals surface area contributed by atoms with E-state index in [2.05, 4.69) is 50.2 Å². The quantitative estimate of drug-likeness (QED) is 0.0591. The average molecular weight is 1140 g/mol. The molecule has 1 aliphatic carbocycles. The lowest BCUT2D eigenvalue weighted by atomic mass is 9.85. The molecule has 10 rings (SSSR count). The fraction of sp³-hybridized carbons (Fsp3) is 0.450. The number of urea groups is 1. The Kier molecular flexibility index (Phi) is 17.3. The Labute approximate surface area is 480 Å². The van der Waals surface area contributed by atoms with Crippen molar-refractivity contribution >= 4 is 52.5 Å². The predicted octanol–water partition coefficient (Wildman–Crippen LogP) is 6.88. The van der Waals surface area contributed by atoms with Crippen molar-refractivity contribution in [3.8, 4) is 33.5 Å². The van der Waals surface area contributed by atoms with E-state index in [4.69, 9.17) is 24.5 Å². The molecule has 22 heteroatoms. The molecular weight excluding hydrogens is 1070 g/mol. The van der Waals surface area contributed by atoms with Gasteiger partial charge < -0.3 is 50.5 Å². The number of hydrogen-bond donors (Lipinski definition) is 5. The van der Waals surface area contributed by atoms with Crippen LogP contribution in [0.2, 0.25) is 0 Å². The van der Waals surface area contributed by atoms with Crippen LogP contribution in [0.5, 0.6) is 6.01 Å². The Hall–Kier alpha value is -7.82. The molecule has 6 amide bonds. The molecule has 6 aromatic rings. The zero-order valence-electron chi connectivity index (χ0n) is 46.9. The summed E-state index contributed by atoms with van der Waals surface area (Å²) in [4.78, 5) is 88.9. The third kappa shape index (κ3) is 13.9. The molecule has 0 radical (unpaired) electrons. The molecule has 432 valence electrons. The highest BCUT2D eigenvalue weighted by atomic mass is 32.1. The van der Waals surface area contributed by atoms with Crippen LogP contribution in [0, 0.1) is 19.3 Å². The number of nitrogens with zero attached hydrogens (tertiary/aromatic N) is 8. The number of nitrogens with one attached hydrogen (secondary N) is 4. The van der Waals surface area contributed by atoms with Gasteiger partial charge in [-0.15, -0.1) is 11.3 Å². The van der Waals surface area contributed by atoms with Gasteiger partial charge in [-0.25, -0.2) is 18.9 Å². The maximum atomic E-state index is 14.8. The van der Waals surface area contributed by atoms with Crippen LogP contribution in [0.4, 0.5) is 20.7 Å². The highest BCUT2D eigenvalue weighted by Gasteiger charge is 2.53. The monoisotopic (exact) mass is 1140 g/mol. The Morgan fingerprint density at radius 1 is 0.890 bits per heavy atom. The Morgan fingerprint density at radius 3 is 2.30 bits per heavy atom. The molecule has 0 bridgehead atoms. The van der Waals surface area contributed by atoms with Crippen molar-refractivity contribution in [3.05, 3.63) is 119 Å². The summed E-state index contributed by atoms with van der Waals surface area (Å²) in [6, 6.07) is 23.7. The number of halogens is 1. The lowest BCUT2D eigenvalue weighted by Crippen LogP contribution is -2.59. The van der Waals surface area contributed by atoms with E-state index in [1.54, 1.807) is 35.9 Å². The zero-order chi connectivity index (χ0) is 57.7. The van der Waals surface area contributed by atoms with Gasteiger partial charge in [-0.1, -0.05) is 80.9 Å². The SMILES string of the molecule is Cc1cccc(-c2ccn(-c3cc(N4CCOCC4)nc(OCCc4ccc(NC(=O)NC5CCN(C(=O)C[C@H](NC(=O)[C@@H]6C[C@@H](O)CN6C(=O)[C@@H](NC(=O)C6(F)CC6)C(C)(C)C)c6ccc(-c7scnc7C)cc6)CC5)cc4)n3)n2)c1. The molecule has 82 heavy (non-hydrogen) atoms. The number of piperidine rings is 1. The molecule has 0 unspecified atom stereocenters. The third-order valence-corrected chi connectivity index (χ3v) is 16.5. The van der Waals surface area contributed by atoms with E-state index >= 15 is 0 Å². The van der Waals surface area contributed by atoms with E-state index in [1.807, 2.05) is 85.9 Å². The van der Waals surface area contributed by atoms with Crippen LogP contribution in [0.1, 0.15) is 87.7 Å². The largest absolute Gasteiger partial charge is 0.463 e. The number of alkyl halides is 1. The molecule has 6 heterocycles. The molecule has 20 nitrogen and oxygen atoms in total. The van der Waals surface area contributed by atoms with Gasteiger partial charge in [-0.3, -0.25) is 19.2 Å². The molecule has 4 aliphatic rings. The number of carbonyl (C=O) groups excluding carboxylic acids is 5. The molecule has 4 atom stereocenters. The van der Waals surface area contributed by atoms with E-state index in [-0.39, 0.29) is 56.2 Å². The van der Waals surface area contributed by atoms with Crippen molar-refractivity contribution in [2.24, 2.45) is 5.41 Å². The van der Waals surface area contributed by atoms with Crippen molar-refractivity contribution in [3.63, 3.8) is 0 Å². The smallest absolute Gasteiger partial charge is 0.320 e. The molecule has 1 saturated carbocycles. The summed E-state index contributed by atoms with van der Waals surface area (Å²) in [7, 11) is 0. The number of rotatable bonds is 18. The molecular formula is C60H71FN12O8S. The first-order valence-corrected chi connectivity index (χ1v) is 28.9. The molecule has 3 saturated heterocycles. The summed E-state index contributed by atoms with van der Waals surface area (Å²) in [5.74, 6) is -0.938. The fourth-order valence-corrected chi connectivity index (χ4v) is 11.4. The molecule has 3 aliphatic heterocycles. The number of morpholine rings is 1. The van der Waals surface area contributed by atoms with Crippen molar-refractivity contribution in [2.75, 3.05) is 62.8 Å². The molecule has 3 aromatic carbocycles. The second kappa shape index (κ2) is 24.7. The lowest BCUT2D eigenvalue weighted by molar-refractivity contribution is -0.145. The predicted molar refractivity (Wildman–Crippen MR) is 308 cm³/mol. The number of aliphatic hydroxyl groups is 1. The number of aliphatic hydroxyl groups excluding tert-OH is 1. The zero-order valence-corrected chi connectivity index (χ0v) is 47.7. The first-order chi connectivity index (χ1) is 39.3. The number of carbonyl (C=O) groups is 5. The van der Waals surface area contributed by atoms with Crippen LogP contribution < -0.4 is 30.9 Å². The van der Waals surface area contributed by atoms with Crippen molar-refractivity contribution < 1.29 is 42.9 Å². The second-order valence-corrected chi connectivity index (χ2v) is 23.7. The molecule has 4 fully saturated rings. The number of amides is 6. The minimum atomic E-state index is -2.02. The third-order valence-electron chi connectivity index (χ3n) is 15.5. The fourth-order valence-electron chi connectivity index (χ4n) is 10.6. The highest BCUT2D eigenvalue weighted by Crippen LogP contribution is 2.41. The second-order valence-electron chi connectivity index (χ2n) is 22.8. The van der Waals surface area contributed by atoms with Crippen LogP contribution in [-0.4, -0.2) is 152 Å². The number of thiazole rings is 1. The summed E-state index contributed by atoms with van der Waals surface area (Å²) < 4.78 is 28.3. The molecule has 0 spiro atoms. The molecule has 3 aromatic heterocycles. The van der Waals surface area contributed by atoms with Crippen LogP contribution >= 0.6 is 11.3 Å². The van der Waals surface area contributed by atoms with Gasteiger partial charge >= 0.3 is 12.0 Å². The van der Waals surface area contributed by atoms with Gasteiger partial charge in [0.05, 0.1) is 60.2 Å². The first-order valence-electron chi connectivity index (χ1n) is 28.1. The topological polar surface area (TPSA) is 238 Å². The standard InChI is InChI=1S/C60H71FN12O8S/c1-37-7-6-8-42(31-37)46-19-25-73(69-46)50-34-49(70-26-29-80-30-27-70)66-58(67-50)81-28-20-39-9-15-43(16-10-39)63-57(79)64-44-17-23-71(24-18-44)51(75)33-47(40-11-13-41(14-12-40)52-38(2)62-36-82-52)65-54(76)48-32-45(74)35-72(48)55(77)53(59(3,4)5)68-56(78)60(61)21-22-60/h6-16,19,25,31,34,36,44-45,47-48,53,74H,17-18,20-24,26-30,32-33,35H2,1-5H3,(H,65,76)(H,68,78)(H2,63,64,79)/t45-,47+,48+,53-/m1/s1. The van der Waals surface area contributed by atoms with Gasteiger partial charge in [0.2, 0.25) is 17.7 Å². The molecule has 5 N–H and O–H groups in total. The van der Waals surface area contributed by atoms with E-state index in [1.165, 1.54) is 16.2 Å². The number of anilines is 2. The van der Waals surface area contributed by atoms with E-state index in [0.717, 1.165) is 44.3 Å². The number of aromatic nitrogens is 5. The number of ether oxygens (including phenoxy) is 2. The van der Waals surface area contributed by atoms with E-state index < -0.39 is 53.0 Å². The summed E-state index contributed by atoms with van der Waals surface area (Å²) >= 11 is 1.51. The maximum Gasteiger partial charge on any atom is 0.320 e. The summed E-state index contributed by atoms with van der Waals surface area (Å²) in [5.41, 5.74) is 5.95. The Balaban J connectivity index is 0.726. The number of hydrogen-bond acceptors (Lipinski definition) is 14. The summed E-state index contributed by atoms with van der Waals surface area (Å²) in [6.45, 7) is 12.7. The Bertz CT molecular complexity index is 3260. The van der Waals surface area contributed by atoms with Crippen molar-refractivity contribution in [1.82, 2.24) is 50.5 Å². The van der Waals surface area contributed by atoms with Gasteiger partial charge in [0, 0.05) is 75.1 Å². The number of likely N-dealkylation sites (tertiary alicyclic amines) is 2. The normalized spacial score (nSPS) is 18.8. The van der Waals surface area contributed by atoms with Gasteiger partial charge in [0.1, 0.15) is 17.9 Å². The van der Waals surface area contributed by atoms with Crippen molar-refractivity contribution in [1.29, 1.82) is 0 Å². The van der Waals surface area contributed by atoms with Crippen LogP contribution in [-0.2, 0) is 30.3 Å². The van der Waals surface area contributed by atoms with Crippen molar-refractivity contribution in [2.45, 2.75) is 116 Å². The van der Waals surface area contributed by atoms with E-state index in [9.17, 15) is 33.5 Å². The van der Waals surface area contributed by atoms with Crippen LogP contribution in [0.25, 0.3) is 27.5 Å². The highest BCUT2D eigenvalue weighted by molar-refractivity contribution is 7.13. The van der Waals surface area contributed by atoms with Gasteiger partial charge in [0.15, 0.2) is 11.5 Å². The first kappa shape index (κ1) is 57.4. The minimum Gasteiger partial charge on any atom is -0.463 e. The van der Waals surface area contributed by atoms with Crippen LogP contribution in [0.15, 0.2) is 96.6 Å². The Morgan fingerprint density at radius 2 is 1.62 bits per heavy atom. The van der Waals surface area contributed by atoms with Crippen LogP contribution in [0.3, 0.4) is 0 Å². The summed E-state index contributed by atoms with van der Waals surface area (Å²) in [6.07, 6.45) is 2.39. The average Bonchev–Trinajstić information content (AvgIpc) is 3.58. The van der Waals surface area contributed by atoms with Gasteiger partial charge in [-0.05, 0) is 85.9 Å². The number of β-amino-alcohol motifs (C(OH)–C–C–N with tert-alkyl or cyclic N) is 1. The maximum absolute atomic E-state index is 14.8. The van der Waals surface area contributed by atoms with E-state index in [0.29, 0.717) is 82.3 Å². The summed E-state index contributed by atoms with van der Waals surface area (Å²) in [5, 5.41) is 27.3. The minimum absolute atomic E-state index is 0.0657.